The molecule has 4 rings (SSSR count). The second-order valence-corrected chi connectivity index (χ2v) is 7.71. The van der Waals surface area contributed by atoms with Crippen molar-refractivity contribution in [3.8, 4) is 5.75 Å². The van der Waals surface area contributed by atoms with Crippen molar-refractivity contribution in [3.05, 3.63) is 99.8 Å². The van der Waals surface area contributed by atoms with Gasteiger partial charge in [-0.3, -0.25) is 4.79 Å². The van der Waals surface area contributed by atoms with Crippen molar-refractivity contribution < 1.29 is 14.3 Å². The summed E-state index contributed by atoms with van der Waals surface area (Å²) in [6.07, 6.45) is 1.61. The largest absolute Gasteiger partial charge is 0.508 e. The van der Waals surface area contributed by atoms with Crippen molar-refractivity contribution in [2.24, 2.45) is 0 Å². The summed E-state index contributed by atoms with van der Waals surface area (Å²) in [6, 6.07) is 18.7. The number of carbonyl (C=O) groups excluding carboxylic acids is 1. The first kappa shape index (κ1) is 19.5. The van der Waals surface area contributed by atoms with Gasteiger partial charge in [-0.25, -0.2) is 4.39 Å². The lowest BCUT2D eigenvalue weighted by Crippen LogP contribution is -2.40. The van der Waals surface area contributed by atoms with E-state index in [-0.39, 0.29) is 11.7 Å². The Labute approximate surface area is 174 Å². The number of benzene rings is 3. The second kappa shape index (κ2) is 8.26. The molecule has 1 aliphatic heterocycles. The van der Waals surface area contributed by atoms with Gasteiger partial charge in [0.25, 0.3) is 0 Å². The average Bonchev–Trinajstić information content (AvgIpc) is 2.73. The van der Waals surface area contributed by atoms with Gasteiger partial charge in [-0.1, -0.05) is 48.0 Å². The topological polar surface area (TPSA) is 40.5 Å². The molecule has 3 aromatic carbocycles. The number of hydrogen-bond acceptors (Lipinski definition) is 2. The lowest BCUT2D eigenvalue weighted by Gasteiger charge is -2.38. The molecule has 1 N–H and O–H groups in total. The highest BCUT2D eigenvalue weighted by molar-refractivity contribution is 6.30. The summed E-state index contributed by atoms with van der Waals surface area (Å²) < 4.78 is 14.0. The summed E-state index contributed by atoms with van der Waals surface area (Å²) in [5.74, 6) is -0.485. The summed E-state index contributed by atoms with van der Waals surface area (Å²) in [5.41, 5.74) is 3.44. The number of amides is 1. The molecule has 148 valence electrons. The van der Waals surface area contributed by atoms with Gasteiger partial charge in [-0.05, 0) is 59.9 Å². The van der Waals surface area contributed by atoms with E-state index >= 15 is 0 Å². The van der Waals surface area contributed by atoms with Crippen LogP contribution < -0.4 is 0 Å². The van der Waals surface area contributed by atoms with E-state index < -0.39 is 11.9 Å². The molecule has 1 amide bonds. The third-order valence-electron chi connectivity index (χ3n) is 5.40. The van der Waals surface area contributed by atoms with E-state index in [1.165, 1.54) is 18.2 Å². The van der Waals surface area contributed by atoms with E-state index in [1.54, 1.807) is 11.0 Å². The van der Waals surface area contributed by atoms with E-state index in [4.69, 9.17) is 11.6 Å². The lowest BCUT2D eigenvalue weighted by atomic mass is 9.87. The summed E-state index contributed by atoms with van der Waals surface area (Å²) in [6.45, 7) is 0.520. The molecule has 1 unspecified atom stereocenters. The average molecular weight is 410 g/mol. The summed E-state index contributed by atoms with van der Waals surface area (Å²) >= 11 is 6.04. The quantitative estimate of drug-likeness (QED) is 0.635. The number of phenolic OH excluding ortho intramolecular Hbond substituents is 1. The minimum atomic E-state index is -0.512. The second-order valence-electron chi connectivity index (χ2n) is 7.27. The Morgan fingerprint density at radius 2 is 1.90 bits per heavy atom. The Morgan fingerprint density at radius 1 is 1.07 bits per heavy atom. The number of fused-ring (bicyclic) bond motifs is 1. The molecule has 0 saturated heterocycles. The van der Waals surface area contributed by atoms with E-state index in [1.807, 2.05) is 42.5 Å². The van der Waals surface area contributed by atoms with Crippen LogP contribution in [0.2, 0.25) is 5.02 Å². The van der Waals surface area contributed by atoms with Gasteiger partial charge in [0.2, 0.25) is 5.91 Å². The zero-order chi connectivity index (χ0) is 20.4. The zero-order valence-electron chi connectivity index (χ0n) is 15.8. The monoisotopic (exact) mass is 409 g/mol. The smallest absolute Gasteiger partial charge is 0.223 e. The third-order valence-corrected chi connectivity index (χ3v) is 5.64. The molecule has 3 nitrogen and oxygen atoms in total. The molecular formula is C24H21ClFNO2. The molecule has 1 atom stereocenters. The van der Waals surface area contributed by atoms with E-state index in [0.717, 1.165) is 23.1 Å². The predicted octanol–water partition coefficient (Wildman–Crippen LogP) is 5.29. The maximum Gasteiger partial charge on any atom is 0.223 e. The van der Waals surface area contributed by atoms with E-state index in [2.05, 4.69) is 0 Å². The molecule has 1 aliphatic rings. The standard InChI is InChI=1S/C24H21ClFNO2/c25-18-6-3-4-16(14-18)8-11-23(29)27-13-12-17-5-1-2-7-20(17)24(27)21-15-19(26)9-10-22(21)28/h1-7,9-10,14-15,24,28H,8,11-13H2. The highest BCUT2D eigenvalue weighted by Crippen LogP contribution is 2.39. The molecule has 0 spiro atoms. The molecule has 0 bridgehead atoms. The number of nitrogens with zero attached hydrogens (tertiary/aromatic N) is 1. The van der Waals surface area contributed by atoms with Crippen LogP contribution in [0.15, 0.2) is 66.7 Å². The van der Waals surface area contributed by atoms with Crippen LogP contribution in [0.4, 0.5) is 4.39 Å². The van der Waals surface area contributed by atoms with Crippen molar-refractivity contribution in [3.63, 3.8) is 0 Å². The van der Waals surface area contributed by atoms with Crippen LogP contribution in [0.1, 0.15) is 34.7 Å². The summed E-state index contributed by atoms with van der Waals surface area (Å²) in [5, 5.41) is 11.1. The SMILES string of the molecule is O=C(CCc1cccc(Cl)c1)N1CCc2ccccc2C1c1cc(F)ccc1O. The Bertz CT molecular complexity index is 1050. The first-order valence-corrected chi connectivity index (χ1v) is 10.0. The van der Waals surface area contributed by atoms with Gasteiger partial charge in [-0.2, -0.15) is 0 Å². The van der Waals surface area contributed by atoms with Crippen molar-refractivity contribution in [1.82, 2.24) is 4.90 Å². The molecule has 0 radical (unpaired) electrons. The highest BCUT2D eigenvalue weighted by Gasteiger charge is 2.33. The number of aromatic hydroxyl groups is 1. The van der Waals surface area contributed by atoms with E-state index in [9.17, 15) is 14.3 Å². The first-order valence-electron chi connectivity index (χ1n) is 9.63. The molecule has 3 aromatic rings. The molecule has 0 saturated carbocycles. The fraction of sp³-hybridized carbons (Fsp3) is 0.208. The van der Waals surface area contributed by atoms with Gasteiger partial charge in [0.15, 0.2) is 0 Å². The van der Waals surface area contributed by atoms with Crippen LogP contribution in [-0.2, 0) is 17.6 Å². The van der Waals surface area contributed by atoms with Crippen molar-refractivity contribution >= 4 is 17.5 Å². The zero-order valence-corrected chi connectivity index (χ0v) is 16.6. The van der Waals surface area contributed by atoms with Crippen LogP contribution in [0.5, 0.6) is 5.75 Å². The van der Waals surface area contributed by atoms with Gasteiger partial charge in [0, 0.05) is 23.6 Å². The molecule has 1 heterocycles. The Balaban J connectivity index is 1.66. The molecule has 0 fully saturated rings. The maximum absolute atomic E-state index is 14.0. The van der Waals surface area contributed by atoms with Gasteiger partial charge >= 0.3 is 0 Å². The van der Waals surface area contributed by atoms with Crippen LogP contribution in [-0.4, -0.2) is 22.5 Å². The number of rotatable bonds is 4. The van der Waals surface area contributed by atoms with Crippen molar-refractivity contribution in [2.75, 3.05) is 6.54 Å². The summed E-state index contributed by atoms with van der Waals surface area (Å²) in [4.78, 5) is 14.9. The molecule has 29 heavy (non-hydrogen) atoms. The number of hydrogen-bond donors (Lipinski definition) is 1. The fourth-order valence-electron chi connectivity index (χ4n) is 4.00. The van der Waals surface area contributed by atoms with Crippen LogP contribution in [0.25, 0.3) is 0 Å². The normalized spacial score (nSPS) is 15.8. The first-order chi connectivity index (χ1) is 14.0. The van der Waals surface area contributed by atoms with Gasteiger partial charge in [0.1, 0.15) is 11.6 Å². The van der Waals surface area contributed by atoms with Gasteiger partial charge in [0.05, 0.1) is 6.04 Å². The minimum absolute atomic E-state index is 0.0132. The van der Waals surface area contributed by atoms with Crippen LogP contribution in [0, 0.1) is 5.82 Å². The lowest BCUT2D eigenvalue weighted by molar-refractivity contribution is -0.133. The van der Waals surface area contributed by atoms with Gasteiger partial charge in [-0.15, -0.1) is 0 Å². The predicted molar refractivity (Wildman–Crippen MR) is 112 cm³/mol. The van der Waals surface area contributed by atoms with Gasteiger partial charge < -0.3 is 10.0 Å². The van der Waals surface area contributed by atoms with Crippen LogP contribution >= 0.6 is 11.6 Å². The Kier molecular flexibility index (Phi) is 5.54. The third kappa shape index (κ3) is 4.13. The molecule has 5 heteroatoms. The summed E-state index contributed by atoms with van der Waals surface area (Å²) in [7, 11) is 0. The molecule has 0 aliphatic carbocycles. The maximum atomic E-state index is 14.0. The number of halogens is 2. The fourth-order valence-corrected chi connectivity index (χ4v) is 4.22. The van der Waals surface area contributed by atoms with Crippen molar-refractivity contribution in [2.45, 2.75) is 25.3 Å². The highest BCUT2D eigenvalue weighted by atomic mass is 35.5. The minimum Gasteiger partial charge on any atom is -0.508 e. The molecular weight excluding hydrogens is 389 g/mol. The molecule has 0 aromatic heterocycles. The van der Waals surface area contributed by atoms with Crippen molar-refractivity contribution in [1.29, 1.82) is 0 Å². The van der Waals surface area contributed by atoms with Crippen LogP contribution in [0.3, 0.4) is 0 Å². The Hall–Kier alpha value is -2.85. The Morgan fingerprint density at radius 3 is 2.72 bits per heavy atom. The number of phenols is 1. The number of aryl methyl sites for hydroxylation is 1. The number of carbonyl (C=O) groups is 1. The van der Waals surface area contributed by atoms with E-state index in [0.29, 0.717) is 30.0 Å².